The van der Waals surface area contributed by atoms with Gasteiger partial charge in [0, 0.05) is 14.9 Å². The molecule has 1 heterocycles. The number of nitrogens with two attached hydrogens (primary N) is 1. The molecule has 2 aromatic rings. The van der Waals surface area contributed by atoms with E-state index in [1.54, 1.807) is 12.1 Å². The number of primary amides is 1. The number of aryl methyl sites for hydroxylation is 1. The first-order valence-electron chi connectivity index (χ1n) is 8.07. The highest BCUT2D eigenvalue weighted by molar-refractivity contribution is 9.10. The molecule has 0 saturated carbocycles. The van der Waals surface area contributed by atoms with E-state index in [2.05, 4.69) is 21.2 Å². The van der Waals surface area contributed by atoms with E-state index in [9.17, 15) is 9.59 Å². The van der Waals surface area contributed by atoms with Gasteiger partial charge in [-0.05, 0) is 55.5 Å². The lowest BCUT2D eigenvalue weighted by Gasteiger charge is -2.10. The first-order valence-corrected chi connectivity index (χ1v) is 9.68. The third kappa shape index (κ3) is 3.70. The predicted molar refractivity (Wildman–Crippen MR) is 101 cm³/mol. The van der Waals surface area contributed by atoms with E-state index < -0.39 is 5.91 Å². The zero-order valence-electron chi connectivity index (χ0n) is 13.2. The summed E-state index contributed by atoms with van der Waals surface area (Å²) in [6, 6.07) is 7.12. The topological polar surface area (TPSA) is 72.2 Å². The molecule has 126 valence electrons. The normalized spacial score (nSPS) is 14.4. The predicted octanol–water partition coefficient (Wildman–Crippen LogP) is 4.52. The SMILES string of the molecule is NC(=O)c1c(NC(=O)c2ccc(Br)cc2)sc2c1CCCCCC2. The van der Waals surface area contributed by atoms with Crippen LogP contribution in [0.3, 0.4) is 0 Å². The zero-order valence-corrected chi connectivity index (χ0v) is 15.6. The summed E-state index contributed by atoms with van der Waals surface area (Å²) >= 11 is 4.85. The first-order chi connectivity index (χ1) is 11.6. The third-order valence-corrected chi connectivity index (χ3v) is 5.99. The van der Waals surface area contributed by atoms with Gasteiger partial charge in [-0.25, -0.2) is 0 Å². The molecule has 4 nitrogen and oxygen atoms in total. The highest BCUT2D eigenvalue weighted by Crippen LogP contribution is 2.37. The van der Waals surface area contributed by atoms with E-state index in [1.165, 1.54) is 29.1 Å². The highest BCUT2D eigenvalue weighted by Gasteiger charge is 2.24. The number of fused-ring (bicyclic) bond motifs is 1. The van der Waals surface area contributed by atoms with Crippen molar-refractivity contribution in [2.75, 3.05) is 5.32 Å². The number of hydrogen-bond donors (Lipinski definition) is 2. The van der Waals surface area contributed by atoms with E-state index >= 15 is 0 Å². The molecule has 1 aliphatic rings. The summed E-state index contributed by atoms with van der Waals surface area (Å²) in [4.78, 5) is 25.7. The fourth-order valence-corrected chi connectivity index (χ4v) is 4.60. The first kappa shape index (κ1) is 17.2. The van der Waals surface area contributed by atoms with E-state index in [0.29, 0.717) is 16.1 Å². The molecule has 0 unspecified atom stereocenters. The van der Waals surface area contributed by atoms with Gasteiger partial charge in [-0.2, -0.15) is 0 Å². The summed E-state index contributed by atoms with van der Waals surface area (Å²) in [5, 5.41) is 3.47. The van der Waals surface area contributed by atoms with Crippen LogP contribution in [0.1, 0.15) is 56.8 Å². The Morgan fingerprint density at radius 2 is 1.71 bits per heavy atom. The second-order valence-electron chi connectivity index (χ2n) is 5.95. The van der Waals surface area contributed by atoms with Crippen molar-refractivity contribution in [3.63, 3.8) is 0 Å². The van der Waals surface area contributed by atoms with Gasteiger partial charge in [-0.1, -0.05) is 28.8 Å². The van der Waals surface area contributed by atoms with Crippen LogP contribution in [0, 0.1) is 0 Å². The van der Waals surface area contributed by atoms with Crippen LogP contribution in [-0.4, -0.2) is 11.8 Å². The Morgan fingerprint density at radius 1 is 1.04 bits per heavy atom. The average molecular weight is 407 g/mol. The standard InChI is InChI=1S/C18H19BrN2O2S/c19-12-9-7-11(8-10-12)17(23)21-18-15(16(20)22)13-5-3-1-2-4-6-14(13)24-18/h7-10H,1-6H2,(H2,20,22)(H,21,23). The number of thiophene rings is 1. The van der Waals surface area contributed by atoms with Crippen molar-refractivity contribution in [1.82, 2.24) is 0 Å². The molecule has 1 aromatic heterocycles. The molecule has 0 fully saturated rings. The van der Waals surface area contributed by atoms with Crippen LogP contribution in [0.2, 0.25) is 0 Å². The number of anilines is 1. The lowest BCUT2D eigenvalue weighted by molar-refractivity contribution is 0.100. The number of nitrogens with one attached hydrogen (secondary N) is 1. The number of amides is 2. The molecule has 3 N–H and O–H groups in total. The van der Waals surface area contributed by atoms with Gasteiger partial charge in [0.1, 0.15) is 5.00 Å². The van der Waals surface area contributed by atoms with Crippen LogP contribution < -0.4 is 11.1 Å². The van der Waals surface area contributed by atoms with Gasteiger partial charge >= 0.3 is 0 Å². The molecular formula is C18H19BrN2O2S. The van der Waals surface area contributed by atoms with Crippen molar-refractivity contribution in [2.45, 2.75) is 38.5 Å². The van der Waals surface area contributed by atoms with Gasteiger partial charge in [0.2, 0.25) is 0 Å². The Balaban J connectivity index is 1.92. The van der Waals surface area contributed by atoms with Crippen LogP contribution >= 0.6 is 27.3 Å². The quantitative estimate of drug-likeness (QED) is 0.785. The van der Waals surface area contributed by atoms with Gasteiger partial charge in [0.25, 0.3) is 11.8 Å². The number of benzene rings is 1. The van der Waals surface area contributed by atoms with Crippen LogP contribution in [0.25, 0.3) is 0 Å². The maximum atomic E-state index is 12.5. The summed E-state index contributed by atoms with van der Waals surface area (Å²) in [6.45, 7) is 0. The van der Waals surface area contributed by atoms with Gasteiger partial charge in [0.05, 0.1) is 5.56 Å². The molecule has 0 atom stereocenters. The van der Waals surface area contributed by atoms with Gasteiger partial charge in [0.15, 0.2) is 0 Å². The highest BCUT2D eigenvalue weighted by atomic mass is 79.9. The van der Waals surface area contributed by atoms with Crippen molar-refractivity contribution in [3.8, 4) is 0 Å². The minimum atomic E-state index is -0.459. The lowest BCUT2D eigenvalue weighted by atomic mass is 9.96. The number of carbonyl (C=O) groups excluding carboxylic acids is 2. The van der Waals surface area contributed by atoms with Crippen molar-refractivity contribution < 1.29 is 9.59 Å². The summed E-state index contributed by atoms with van der Waals surface area (Å²) in [5.41, 5.74) is 7.71. The molecule has 1 aromatic carbocycles. The third-order valence-electron chi connectivity index (χ3n) is 4.25. The number of rotatable bonds is 3. The largest absolute Gasteiger partial charge is 0.365 e. The molecule has 6 heteroatoms. The molecule has 0 radical (unpaired) electrons. The lowest BCUT2D eigenvalue weighted by Crippen LogP contribution is -2.18. The maximum Gasteiger partial charge on any atom is 0.256 e. The van der Waals surface area contributed by atoms with Crippen molar-refractivity contribution >= 4 is 44.1 Å². The molecule has 24 heavy (non-hydrogen) atoms. The second-order valence-corrected chi connectivity index (χ2v) is 7.97. The van der Waals surface area contributed by atoms with Crippen molar-refractivity contribution in [3.05, 3.63) is 50.3 Å². The molecule has 2 amide bonds. The van der Waals surface area contributed by atoms with Crippen molar-refractivity contribution in [1.29, 1.82) is 0 Å². The van der Waals surface area contributed by atoms with E-state index in [1.807, 2.05) is 12.1 Å². The van der Waals surface area contributed by atoms with E-state index in [0.717, 1.165) is 35.7 Å². The molecule has 3 rings (SSSR count). The summed E-state index contributed by atoms with van der Waals surface area (Å²) in [5.74, 6) is -0.682. The van der Waals surface area contributed by atoms with Gasteiger partial charge < -0.3 is 11.1 Å². The molecule has 0 bridgehead atoms. The molecule has 0 saturated heterocycles. The van der Waals surface area contributed by atoms with Crippen molar-refractivity contribution in [2.24, 2.45) is 5.73 Å². The monoisotopic (exact) mass is 406 g/mol. The fourth-order valence-electron chi connectivity index (χ4n) is 3.04. The Hall–Kier alpha value is -1.66. The minimum Gasteiger partial charge on any atom is -0.365 e. The fraction of sp³-hybridized carbons (Fsp3) is 0.333. The maximum absolute atomic E-state index is 12.5. The molecule has 1 aliphatic carbocycles. The van der Waals surface area contributed by atoms with Gasteiger partial charge in [-0.3, -0.25) is 9.59 Å². The summed E-state index contributed by atoms with van der Waals surface area (Å²) in [7, 11) is 0. The summed E-state index contributed by atoms with van der Waals surface area (Å²) < 4.78 is 0.913. The van der Waals surface area contributed by atoms with E-state index in [4.69, 9.17) is 5.73 Å². The zero-order chi connectivity index (χ0) is 17.1. The Labute approximate surface area is 153 Å². The van der Waals surface area contributed by atoms with Crippen LogP contribution in [0.5, 0.6) is 0 Å². The van der Waals surface area contributed by atoms with Crippen LogP contribution in [0.4, 0.5) is 5.00 Å². The Morgan fingerprint density at radius 3 is 2.38 bits per heavy atom. The summed E-state index contributed by atoms with van der Waals surface area (Å²) in [6.07, 6.45) is 6.38. The second kappa shape index (κ2) is 7.49. The smallest absolute Gasteiger partial charge is 0.256 e. The van der Waals surface area contributed by atoms with E-state index in [-0.39, 0.29) is 5.91 Å². The molecule has 0 aliphatic heterocycles. The number of halogens is 1. The molecule has 0 spiro atoms. The van der Waals surface area contributed by atoms with Crippen LogP contribution in [-0.2, 0) is 12.8 Å². The molecular weight excluding hydrogens is 388 g/mol. The minimum absolute atomic E-state index is 0.223. The number of hydrogen-bond acceptors (Lipinski definition) is 3. The Bertz CT molecular complexity index is 768. The Kier molecular flexibility index (Phi) is 5.36. The number of carbonyl (C=O) groups is 2. The average Bonchev–Trinajstić information content (AvgIpc) is 2.84. The van der Waals surface area contributed by atoms with Gasteiger partial charge in [-0.15, -0.1) is 11.3 Å². The van der Waals surface area contributed by atoms with Crippen LogP contribution in [0.15, 0.2) is 28.7 Å².